The first-order valence-electron chi connectivity index (χ1n) is 20.4. The van der Waals surface area contributed by atoms with E-state index in [9.17, 15) is 19.0 Å². The van der Waals surface area contributed by atoms with Gasteiger partial charge in [-0.15, -0.1) is 0 Å². The van der Waals surface area contributed by atoms with Gasteiger partial charge in [-0.25, -0.2) is 4.57 Å². The fourth-order valence-corrected chi connectivity index (χ4v) is 6.28. The normalized spacial score (nSPS) is 13.8. The summed E-state index contributed by atoms with van der Waals surface area (Å²) in [5.41, 5.74) is 0. The smallest absolute Gasteiger partial charge is 0.462 e. The number of phosphoric ester groups is 1. The van der Waals surface area contributed by atoms with Crippen LogP contribution in [0.4, 0.5) is 0 Å². The highest BCUT2D eigenvalue weighted by atomic mass is 31.2. The van der Waals surface area contributed by atoms with Crippen molar-refractivity contribution in [2.24, 2.45) is 0 Å². The van der Waals surface area contributed by atoms with Gasteiger partial charge in [0.1, 0.15) is 19.8 Å². The zero-order chi connectivity index (χ0) is 37.2. The molecule has 0 saturated heterocycles. The minimum absolute atomic E-state index is 0.0335. The summed E-state index contributed by atoms with van der Waals surface area (Å²) in [7, 11) is 1.48. The average molecular weight is 733 g/mol. The van der Waals surface area contributed by atoms with E-state index in [2.05, 4.69) is 26.0 Å². The summed E-state index contributed by atoms with van der Waals surface area (Å²) >= 11 is 0. The zero-order valence-corrected chi connectivity index (χ0v) is 34.0. The van der Waals surface area contributed by atoms with Gasteiger partial charge in [-0.3, -0.25) is 18.6 Å². The van der Waals surface area contributed by atoms with Gasteiger partial charge in [-0.05, 0) is 38.5 Å². The van der Waals surface area contributed by atoms with E-state index in [-0.39, 0.29) is 25.6 Å². The van der Waals surface area contributed by atoms with E-state index >= 15 is 0 Å². The molecule has 0 aliphatic heterocycles. The molecule has 10 heteroatoms. The minimum atomic E-state index is -4.36. The monoisotopic (exact) mass is 733 g/mol. The van der Waals surface area contributed by atoms with Gasteiger partial charge in [0.2, 0.25) is 0 Å². The number of rotatable bonds is 37. The third-order valence-electron chi connectivity index (χ3n) is 8.80. The Bertz CT molecular complexity index is 876. The molecule has 0 radical (unpaired) electrons. The molecule has 0 aromatic carbocycles. The number of allylic oxidation sites excluding steroid dienone is 2. The molecule has 9 nitrogen and oxygen atoms in total. The van der Waals surface area contributed by atoms with E-state index in [1.54, 1.807) is 0 Å². The van der Waals surface area contributed by atoms with Gasteiger partial charge in [-0.2, -0.15) is 0 Å². The molecule has 0 aromatic heterocycles. The fourth-order valence-electron chi connectivity index (χ4n) is 5.54. The molecule has 0 aromatic rings. The number of nitrogens with zero attached hydrogens (tertiary/aromatic N) is 1. The number of likely N-dealkylation sites (N-methyl/N-ethyl adjacent to an activating group) is 1. The second-order valence-corrected chi connectivity index (χ2v) is 16.5. The maximum absolute atomic E-state index is 12.6. The van der Waals surface area contributed by atoms with Gasteiger partial charge in [0, 0.05) is 12.8 Å². The first-order chi connectivity index (χ1) is 24.0. The molecule has 0 aliphatic rings. The Morgan fingerprint density at radius 2 is 1.02 bits per heavy atom. The molecule has 0 fully saturated rings. The quantitative estimate of drug-likeness (QED) is 0.0221. The number of hydrogen-bond acceptors (Lipinski definition) is 7. The number of quaternary nitrogens is 1. The topological polar surface area (TPSA) is 108 Å². The molecule has 2 atom stereocenters. The lowest BCUT2D eigenvalue weighted by atomic mass is 10.1. The van der Waals surface area contributed by atoms with Crippen molar-refractivity contribution >= 4 is 19.8 Å². The summed E-state index contributed by atoms with van der Waals surface area (Å²) in [6, 6.07) is 0. The van der Waals surface area contributed by atoms with Crippen molar-refractivity contribution < 1.29 is 42.1 Å². The van der Waals surface area contributed by atoms with Gasteiger partial charge in [0.05, 0.1) is 27.7 Å². The van der Waals surface area contributed by atoms with E-state index in [1.807, 2.05) is 21.1 Å². The van der Waals surface area contributed by atoms with Crippen molar-refractivity contribution in [1.29, 1.82) is 0 Å². The summed E-state index contributed by atoms with van der Waals surface area (Å²) in [4.78, 5) is 35.1. The number of phosphoric acid groups is 1. The van der Waals surface area contributed by atoms with E-state index in [0.717, 1.165) is 44.9 Å². The van der Waals surface area contributed by atoms with Crippen molar-refractivity contribution in [2.45, 2.75) is 187 Å². The van der Waals surface area contributed by atoms with E-state index in [0.29, 0.717) is 23.9 Å². The second-order valence-electron chi connectivity index (χ2n) is 15.0. The average Bonchev–Trinajstić information content (AvgIpc) is 3.06. The molecule has 50 heavy (non-hydrogen) atoms. The molecule has 0 bridgehead atoms. The molecular formula is C40H79NO8P+. The third-order valence-corrected chi connectivity index (χ3v) is 9.78. The molecular weight excluding hydrogens is 653 g/mol. The zero-order valence-electron chi connectivity index (χ0n) is 33.1. The van der Waals surface area contributed by atoms with Crippen molar-refractivity contribution in [2.75, 3.05) is 47.5 Å². The van der Waals surface area contributed by atoms with Crippen LogP contribution < -0.4 is 0 Å². The van der Waals surface area contributed by atoms with Crippen molar-refractivity contribution in [3.63, 3.8) is 0 Å². The number of carbonyl (C=O) groups is 2. The molecule has 0 amide bonds. The van der Waals surface area contributed by atoms with Gasteiger partial charge < -0.3 is 18.9 Å². The molecule has 0 heterocycles. The maximum atomic E-state index is 12.6. The molecule has 0 aliphatic carbocycles. The molecule has 0 saturated carbocycles. The summed E-state index contributed by atoms with van der Waals surface area (Å²) in [6.45, 7) is 4.38. The lowest BCUT2D eigenvalue weighted by molar-refractivity contribution is -0.870. The maximum Gasteiger partial charge on any atom is 0.472 e. The van der Waals surface area contributed by atoms with E-state index < -0.39 is 26.5 Å². The number of hydrogen-bond donors (Lipinski definition) is 1. The van der Waals surface area contributed by atoms with E-state index in [4.69, 9.17) is 18.5 Å². The third kappa shape index (κ3) is 36.5. The number of unbranched alkanes of at least 4 members (excludes halogenated alkanes) is 21. The summed E-state index contributed by atoms with van der Waals surface area (Å²) in [6.07, 6.45) is 32.7. The lowest BCUT2D eigenvalue weighted by Crippen LogP contribution is -2.37. The van der Waals surface area contributed by atoms with Crippen molar-refractivity contribution in [3.05, 3.63) is 12.2 Å². The highest BCUT2D eigenvalue weighted by molar-refractivity contribution is 7.47. The van der Waals surface area contributed by atoms with Crippen LogP contribution in [0.3, 0.4) is 0 Å². The Hall–Kier alpha value is -1.25. The predicted molar refractivity (Wildman–Crippen MR) is 206 cm³/mol. The van der Waals surface area contributed by atoms with Crippen LogP contribution in [-0.2, 0) is 32.7 Å². The van der Waals surface area contributed by atoms with Crippen LogP contribution in [0.25, 0.3) is 0 Å². The van der Waals surface area contributed by atoms with E-state index in [1.165, 1.54) is 103 Å². The summed E-state index contributed by atoms with van der Waals surface area (Å²) in [5, 5.41) is 0. The van der Waals surface area contributed by atoms with Gasteiger partial charge in [-0.1, -0.05) is 142 Å². The summed E-state index contributed by atoms with van der Waals surface area (Å²) in [5.74, 6) is -0.803. The largest absolute Gasteiger partial charge is 0.472 e. The SMILES string of the molecule is CCCCCCCCC/C=C\CCCCCCCCCC(=O)OC(COC(=O)CCCCCCCCCC)COP(=O)(O)OCC[N+](C)(C)C. The fraction of sp³-hybridized carbons (Fsp3) is 0.900. The number of esters is 2. The first kappa shape index (κ1) is 48.8. The van der Waals surface area contributed by atoms with Crippen LogP contribution in [0.2, 0.25) is 0 Å². The minimum Gasteiger partial charge on any atom is -0.462 e. The van der Waals surface area contributed by atoms with Crippen LogP contribution >= 0.6 is 7.82 Å². The van der Waals surface area contributed by atoms with Crippen LogP contribution in [0.1, 0.15) is 181 Å². The van der Waals surface area contributed by atoms with Gasteiger partial charge in [0.15, 0.2) is 6.10 Å². The van der Waals surface area contributed by atoms with Gasteiger partial charge in [0.25, 0.3) is 0 Å². The lowest BCUT2D eigenvalue weighted by Gasteiger charge is -2.24. The standard InChI is InChI=1S/C40H78NO8P/c1-6-8-10-12-14-16-17-18-19-20-21-22-23-24-25-27-29-31-33-40(43)49-38(37-48-50(44,45)47-35-34-41(3,4)5)36-46-39(42)32-30-28-26-15-13-11-9-7-2/h19-20,38H,6-18,21-37H2,1-5H3/p+1/b20-19-. The van der Waals surface area contributed by atoms with Crippen LogP contribution in [0.15, 0.2) is 12.2 Å². The Kier molecular flexibility index (Phi) is 32.7. The molecule has 296 valence electrons. The molecule has 1 N–H and O–H groups in total. The Morgan fingerprint density at radius 1 is 0.600 bits per heavy atom. The Labute approximate surface area is 307 Å². The van der Waals surface area contributed by atoms with Crippen LogP contribution in [0, 0.1) is 0 Å². The Morgan fingerprint density at radius 3 is 1.48 bits per heavy atom. The molecule has 0 rings (SSSR count). The Balaban J connectivity index is 4.31. The highest BCUT2D eigenvalue weighted by Gasteiger charge is 2.27. The summed E-state index contributed by atoms with van der Waals surface area (Å²) < 4.78 is 34.1. The van der Waals surface area contributed by atoms with Crippen molar-refractivity contribution in [1.82, 2.24) is 0 Å². The van der Waals surface area contributed by atoms with Gasteiger partial charge >= 0.3 is 19.8 Å². The number of carbonyl (C=O) groups excluding carboxylic acids is 2. The number of ether oxygens (including phenoxy) is 2. The highest BCUT2D eigenvalue weighted by Crippen LogP contribution is 2.43. The molecule has 2 unspecified atom stereocenters. The van der Waals surface area contributed by atoms with Crippen molar-refractivity contribution in [3.8, 4) is 0 Å². The first-order valence-corrected chi connectivity index (χ1v) is 21.9. The predicted octanol–water partition coefficient (Wildman–Crippen LogP) is 11.0. The van der Waals surface area contributed by atoms with Crippen LogP contribution in [-0.4, -0.2) is 74.9 Å². The second kappa shape index (κ2) is 33.6. The van der Waals surface area contributed by atoms with Crippen LogP contribution in [0.5, 0.6) is 0 Å². The molecule has 0 spiro atoms.